The fourth-order valence-corrected chi connectivity index (χ4v) is 1.76. The van der Waals surface area contributed by atoms with Crippen molar-refractivity contribution >= 4 is 0 Å². The summed E-state index contributed by atoms with van der Waals surface area (Å²) in [5.41, 5.74) is 2.89. The van der Waals surface area contributed by atoms with E-state index in [4.69, 9.17) is 0 Å². The van der Waals surface area contributed by atoms with Gasteiger partial charge in [-0.3, -0.25) is 4.98 Å². The summed E-state index contributed by atoms with van der Waals surface area (Å²) in [7, 11) is 0. The van der Waals surface area contributed by atoms with E-state index in [1.807, 2.05) is 32.0 Å². The van der Waals surface area contributed by atoms with Crippen LogP contribution in [0.1, 0.15) is 23.2 Å². The highest BCUT2D eigenvalue weighted by Gasteiger charge is 2.11. The fraction of sp³-hybridized carbons (Fsp3) is 0.333. The molecule has 4 heteroatoms. The lowest BCUT2D eigenvalue weighted by Crippen LogP contribution is -2.14. The first-order valence-corrected chi connectivity index (χ1v) is 5.26. The average molecular weight is 217 g/mol. The first-order valence-electron chi connectivity index (χ1n) is 5.26. The van der Waals surface area contributed by atoms with Crippen LogP contribution in [0.3, 0.4) is 0 Å². The molecule has 0 saturated heterocycles. The highest BCUT2D eigenvalue weighted by molar-refractivity contribution is 5.11. The van der Waals surface area contributed by atoms with E-state index >= 15 is 0 Å². The van der Waals surface area contributed by atoms with Crippen LogP contribution in [0.5, 0.6) is 0 Å². The summed E-state index contributed by atoms with van der Waals surface area (Å²) in [5.74, 6) is 0. The number of rotatable bonds is 3. The third-order valence-electron chi connectivity index (χ3n) is 2.47. The standard InChI is InChI=1S/C12H15N3O/c1-9-6-10(2)15(14-9)12(16)7-11-4-3-5-13-8-11/h3-6,8,12,16H,7H2,1-2H3. The third kappa shape index (κ3) is 2.28. The number of aliphatic hydroxyl groups is 1. The highest BCUT2D eigenvalue weighted by Crippen LogP contribution is 2.13. The van der Waals surface area contributed by atoms with E-state index in [2.05, 4.69) is 10.1 Å². The van der Waals surface area contributed by atoms with Gasteiger partial charge in [0, 0.05) is 24.5 Å². The molecule has 1 N–H and O–H groups in total. The Kier molecular flexibility index (Phi) is 3.01. The summed E-state index contributed by atoms with van der Waals surface area (Å²) in [6.45, 7) is 3.85. The molecular formula is C12H15N3O. The van der Waals surface area contributed by atoms with Crippen LogP contribution in [0.25, 0.3) is 0 Å². The SMILES string of the molecule is Cc1cc(C)n(C(O)Cc2cccnc2)n1. The molecule has 84 valence electrons. The van der Waals surface area contributed by atoms with Gasteiger partial charge in [-0.2, -0.15) is 5.10 Å². The van der Waals surface area contributed by atoms with Gasteiger partial charge in [-0.15, -0.1) is 0 Å². The molecule has 1 atom stereocenters. The Balaban J connectivity index is 2.14. The van der Waals surface area contributed by atoms with Gasteiger partial charge in [0.05, 0.1) is 5.69 Å². The molecule has 2 heterocycles. The molecule has 16 heavy (non-hydrogen) atoms. The largest absolute Gasteiger partial charge is 0.371 e. The quantitative estimate of drug-likeness (QED) is 0.850. The Bertz CT molecular complexity index is 464. The minimum absolute atomic E-state index is 0.524. The van der Waals surface area contributed by atoms with Crippen molar-refractivity contribution in [2.75, 3.05) is 0 Å². The van der Waals surface area contributed by atoms with Crippen molar-refractivity contribution in [2.45, 2.75) is 26.5 Å². The molecule has 0 aliphatic rings. The molecule has 0 fully saturated rings. The monoisotopic (exact) mass is 217 g/mol. The van der Waals surface area contributed by atoms with Gasteiger partial charge in [0.2, 0.25) is 0 Å². The summed E-state index contributed by atoms with van der Waals surface area (Å²) >= 11 is 0. The summed E-state index contributed by atoms with van der Waals surface area (Å²) in [4.78, 5) is 4.02. The smallest absolute Gasteiger partial charge is 0.151 e. The van der Waals surface area contributed by atoms with Crippen LogP contribution in [0.4, 0.5) is 0 Å². The molecule has 0 amide bonds. The first kappa shape index (κ1) is 10.8. The third-order valence-corrected chi connectivity index (χ3v) is 2.47. The lowest BCUT2D eigenvalue weighted by Gasteiger charge is -2.12. The van der Waals surface area contributed by atoms with Crippen LogP contribution in [-0.2, 0) is 6.42 Å². The molecule has 0 aromatic carbocycles. The minimum atomic E-state index is -0.627. The van der Waals surface area contributed by atoms with Crippen LogP contribution in [0.15, 0.2) is 30.6 Å². The number of hydrogen-bond donors (Lipinski definition) is 1. The second kappa shape index (κ2) is 4.45. The average Bonchev–Trinajstić information content (AvgIpc) is 2.59. The Morgan fingerprint density at radius 3 is 2.81 bits per heavy atom. The number of nitrogens with zero attached hydrogens (tertiary/aromatic N) is 3. The van der Waals surface area contributed by atoms with Crippen molar-refractivity contribution in [1.29, 1.82) is 0 Å². The number of aryl methyl sites for hydroxylation is 2. The molecule has 2 aromatic heterocycles. The molecule has 4 nitrogen and oxygen atoms in total. The first-order chi connectivity index (χ1) is 7.66. The van der Waals surface area contributed by atoms with Gasteiger partial charge in [-0.05, 0) is 31.5 Å². The predicted octanol–water partition coefficient (Wildman–Crippen LogP) is 1.63. The van der Waals surface area contributed by atoms with E-state index in [9.17, 15) is 5.11 Å². The summed E-state index contributed by atoms with van der Waals surface area (Å²) < 4.78 is 1.64. The van der Waals surface area contributed by atoms with E-state index < -0.39 is 6.23 Å². The second-order valence-corrected chi connectivity index (χ2v) is 3.92. The molecule has 0 aliphatic heterocycles. The van der Waals surface area contributed by atoms with Crippen LogP contribution in [0.2, 0.25) is 0 Å². The zero-order chi connectivity index (χ0) is 11.5. The molecule has 2 rings (SSSR count). The summed E-state index contributed by atoms with van der Waals surface area (Å²) in [5, 5.41) is 14.3. The number of hydrogen-bond acceptors (Lipinski definition) is 3. The van der Waals surface area contributed by atoms with Crippen LogP contribution in [0, 0.1) is 13.8 Å². The maximum Gasteiger partial charge on any atom is 0.151 e. The molecule has 2 aromatic rings. The van der Waals surface area contributed by atoms with Crippen LogP contribution in [-0.4, -0.2) is 19.9 Å². The predicted molar refractivity (Wildman–Crippen MR) is 60.9 cm³/mol. The Morgan fingerprint density at radius 2 is 2.25 bits per heavy atom. The van der Waals surface area contributed by atoms with Gasteiger partial charge >= 0.3 is 0 Å². The Morgan fingerprint density at radius 1 is 1.44 bits per heavy atom. The van der Waals surface area contributed by atoms with E-state index in [0.29, 0.717) is 6.42 Å². The molecule has 1 unspecified atom stereocenters. The van der Waals surface area contributed by atoms with Crippen LogP contribution >= 0.6 is 0 Å². The van der Waals surface area contributed by atoms with Gasteiger partial charge in [-0.1, -0.05) is 6.07 Å². The van der Waals surface area contributed by atoms with E-state index in [1.165, 1.54) is 0 Å². The fourth-order valence-electron chi connectivity index (χ4n) is 1.76. The second-order valence-electron chi connectivity index (χ2n) is 3.92. The Labute approximate surface area is 94.6 Å². The Hall–Kier alpha value is -1.68. The molecular weight excluding hydrogens is 202 g/mol. The van der Waals surface area contributed by atoms with Crippen molar-refractivity contribution < 1.29 is 5.11 Å². The molecule has 0 radical (unpaired) electrons. The molecule has 0 bridgehead atoms. The van der Waals surface area contributed by atoms with Gasteiger partial charge in [0.1, 0.15) is 0 Å². The summed E-state index contributed by atoms with van der Waals surface area (Å²) in [6.07, 6.45) is 3.38. The zero-order valence-electron chi connectivity index (χ0n) is 9.46. The van der Waals surface area contributed by atoms with E-state index in [-0.39, 0.29) is 0 Å². The summed E-state index contributed by atoms with van der Waals surface area (Å²) in [6, 6.07) is 5.76. The van der Waals surface area contributed by atoms with Gasteiger partial charge < -0.3 is 5.11 Å². The van der Waals surface area contributed by atoms with Gasteiger partial charge in [0.25, 0.3) is 0 Å². The van der Waals surface area contributed by atoms with Crippen LogP contribution < -0.4 is 0 Å². The normalized spacial score (nSPS) is 12.7. The molecule has 0 saturated carbocycles. The number of aromatic nitrogens is 3. The van der Waals surface area contributed by atoms with E-state index in [1.54, 1.807) is 17.1 Å². The maximum atomic E-state index is 10.0. The van der Waals surface area contributed by atoms with Crippen molar-refractivity contribution in [3.05, 3.63) is 47.5 Å². The zero-order valence-corrected chi connectivity index (χ0v) is 9.46. The highest BCUT2D eigenvalue weighted by atomic mass is 16.3. The number of pyridine rings is 1. The van der Waals surface area contributed by atoms with Crippen molar-refractivity contribution in [3.8, 4) is 0 Å². The lowest BCUT2D eigenvalue weighted by atomic mass is 10.2. The molecule has 0 spiro atoms. The topological polar surface area (TPSA) is 50.9 Å². The van der Waals surface area contributed by atoms with Gasteiger partial charge in [-0.25, -0.2) is 4.68 Å². The minimum Gasteiger partial charge on any atom is -0.371 e. The number of aliphatic hydroxyl groups excluding tert-OH is 1. The van der Waals surface area contributed by atoms with Crippen molar-refractivity contribution in [2.24, 2.45) is 0 Å². The van der Waals surface area contributed by atoms with Crippen molar-refractivity contribution in [3.63, 3.8) is 0 Å². The van der Waals surface area contributed by atoms with Gasteiger partial charge in [0.15, 0.2) is 6.23 Å². The van der Waals surface area contributed by atoms with E-state index in [0.717, 1.165) is 17.0 Å². The van der Waals surface area contributed by atoms with Crippen molar-refractivity contribution in [1.82, 2.24) is 14.8 Å². The maximum absolute atomic E-state index is 10.0. The molecule has 0 aliphatic carbocycles. The lowest BCUT2D eigenvalue weighted by molar-refractivity contribution is 0.0884.